The van der Waals surface area contributed by atoms with E-state index < -0.39 is 0 Å². The lowest BCUT2D eigenvalue weighted by Crippen LogP contribution is -2.31. The van der Waals surface area contributed by atoms with Crippen LogP contribution < -0.4 is 10.1 Å². The van der Waals surface area contributed by atoms with E-state index >= 15 is 0 Å². The van der Waals surface area contributed by atoms with Gasteiger partial charge in [-0.3, -0.25) is 0 Å². The molecule has 2 aliphatic carbocycles. The molecular weight excluding hydrogens is 258 g/mol. The molecule has 0 heterocycles. The Bertz CT molecular complexity index is 471. The van der Waals surface area contributed by atoms with Crippen molar-refractivity contribution in [2.24, 2.45) is 11.8 Å². The molecule has 0 aliphatic heterocycles. The minimum Gasteiger partial charge on any atom is -0.497 e. The van der Waals surface area contributed by atoms with Crippen molar-refractivity contribution in [3.8, 4) is 5.75 Å². The normalized spacial score (nSPS) is 29.0. The molecule has 2 nitrogen and oxygen atoms in total. The van der Waals surface area contributed by atoms with E-state index in [1.807, 2.05) is 0 Å². The van der Waals surface area contributed by atoms with E-state index in [9.17, 15) is 0 Å². The van der Waals surface area contributed by atoms with Crippen LogP contribution in [0, 0.1) is 11.8 Å². The second-order valence-electron chi connectivity index (χ2n) is 7.06. The molecule has 1 aromatic carbocycles. The summed E-state index contributed by atoms with van der Waals surface area (Å²) < 4.78 is 5.41. The molecule has 2 heteroatoms. The second-order valence-corrected chi connectivity index (χ2v) is 7.06. The summed E-state index contributed by atoms with van der Waals surface area (Å²) in [5, 5.41) is 3.86. The summed E-state index contributed by atoms with van der Waals surface area (Å²) in [6, 6.07) is 7.13. The summed E-state index contributed by atoms with van der Waals surface area (Å²) in [6.07, 6.45) is 9.46. The van der Waals surface area contributed by atoms with Crippen molar-refractivity contribution in [2.45, 2.75) is 57.9 Å². The zero-order chi connectivity index (χ0) is 14.7. The Kier molecular flexibility index (Phi) is 4.84. The predicted octanol–water partition coefficient (Wildman–Crippen LogP) is 4.49. The van der Waals surface area contributed by atoms with E-state index in [2.05, 4.69) is 30.4 Å². The van der Waals surface area contributed by atoms with Crippen LogP contribution in [0.15, 0.2) is 18.2 Å². The summed E-state index contributed by atoms with van der Waals surface area (Å²) in [4.78, 5) is 0. The summed E-state index contributed by atoms with van der Waals surface area (Å²) in [6.45, 7) is 3.60. The molecule has 3 atom stereocenters. The van der Waals surface area contributed by atoms with Crippen LogP contribution >= 0.6 is 0 Å². The van der Waals surface area contributed by atoms with Gasteiger partial charge in [0.1, 0.15) is 5.75 Å². The monoisotopic (exact) mass is 287 g/mol. The minimum atomic E-state index is 0.529. The van der Waals surface area contributed by atoms with Gasteiger partial charge in [0.25, 0.3) is 0 Å². The molecule has 1 N–H and O–H groups in total. The first-order chi connectivity index (χ1) is 10.3. The first-order valence-electron chi connectivity index (χ1n) is 8.66. The lowest BCUT2D eigenvalue weighted by atomic mass is 9.81. The molecule has 116 valence electrons. The summed E-state index contributed by atoms with van der Waals surface area (Å²) in [7, 11) is 1.76. The van der Waals surface area contributed by atoms with E-state index in [1.54, 1.807) is 7.11 Å². The average Bonchev–Trinajstić information content (AvgIpc) is 2.52. The molecule has 2 aliphatic rings. The molecule has 0 amide bonds. The lowest BCUT2D eigenvalue weighted by molar-refractivity contribution is 0.263. The fourth-order valence-corrected chi connectivity index (χ4v) is 4.17. The molecule has 3 unspecified atom stereocenters. The van der Waals surface area contributed by atoms with Crippen LogP contribution in [0.5, 0.6) is 5.75 Å². The van der Waals surface area contributed by atoms with Gasteiger partial charge in [-0.25, -0.2) is 0 Å². The fraction of sp³-hybridized carbons (Fsp3) is 0.684. The Morgan fingerprint density at radius 3 is 2.90 bits per heavy atom. The lowest BCUT2D eigenvalue weighted by Gasteiger charge is -2.31. The van der Waals surface area contributed by atoms with Gasteiger partial charge < -0.3 is 10.1 Å². The third kappa shape index (κ3) is 3.60. The first kappa shape index (κ1) is 14.9. The van der Waals surface area contributed by atoms with E-state index in [0.29, 0.717) is 6.04 Å². The number of methoxy groups -OCH3 is 1. The molecule has 0 aromatic heterocycles. The SMILES string of the molecule is COc1ccc2c(c1)C(NCC1CCCC(C)C1)CCC2. The number of nitrogens with one attached hydrogen (secondary N) is 1. The van der Waals surface area contributed by atoms with Crippen LogP contribution in [-0.4, -0.2) is 13.7 Å². The first-order valence-corrected chi connectivity index (χ1v) is 8.66. The molecule has 0 bridgehead atoms. The van der Waals surface area contributed by atoms with E-state index in [4.69, 9.17) is 4.74 Å². The predicted molar refractivity (Wildman–Crippen MR) is 87.8 cm³/mol. The fourth-order valence-electron chi connectivity index (χ4n) is 4.17. The second kappa shape index (κ2) is 6.83. The van der Waals surface area contributed by atoms with Crippen LogP contribution in [0.3, 0.4) is 0 Å². The maximum atomic E-state index is 5.41. The van der Waals surface area contributed by atoms with Gasteiger partial charge in [0.2, 0.25) is 0 Å². The van der Waals surface area contributed by atoms with E-state index in [-0.39, 0.29) is 0 Å². The maximum absolute atomic E-state index is 5.41. The highest BCUT2D eigenvalue weighted by Gasteiger charge is 2.23. The molecular formula is C19H29NO. The van der Waals surface area contributed by atoms with E-state index in [0.717, 1.165) is 17.6 Å². The van der Waals surface area contributed by atoms with Crippen LogP contribution in [0.2, 0.25) is 0 Å². The number of fused-ring (bicyclic) bond motifs is 1. The van der Waals surface area contributed by atoms with Crippen molar-refractivity contribution in [1.29, 1.82) is 0 Å². The van der Waals surface area contributed by atoms with Gasteiger partial charge in [0.15, 0.2) is 0 Å². The van der Waals surface area contributed by atoms with Gasteiger partial charge >= 0.3 is 0 Å². The quantitative estimate of drug-likeness (QED) is 0.881. The molecule has 0 saturated heterocycles. The molecule has 1 saturated carbocycles. The smallest absolute Gasteiger partial charge is 0.119 e. The maximum Gasteiger partial charge on any atom is 0.119 e. The van der Waals surface area contributed by atoms with Crippen LogP contribution in [-0.2, 0) is 6.42 Å². The van der Waals surface area contributed by atoms with Crippen molar-refractivity contribution >= 4 is 0 Å². The van der Waals surface area contributed by atoms with Gasteiger partial charge in [0.05, 0.1) is 7.11 Å². The van der Waals surface area contributed by atoms with Gasteiger partial charge in [0, 0.05) is 6.04 Å². The Morgan fingerprint density at radius 2 is 2.10 bits per heavy atom. The number of aryl methyl sites for hydroxylation is 1. The summed E-state index contributed by atoms with van der Waals surface area (Å²) in [5.41, 5.74) is 2.99. The third-order valence-electron chi connectivity index (χ3n) is 5.37. The standard InChI is InChI=1S/C19H29NO/c1-14-5-3-6-15(11-14)13-20-19-8-4-7-16-9-10-17(21-2)12-18(16)19/h9-10,12,14-15,19-20H,3-8,11,13H2,1-2H3. The minimum absolute atomic E-state index is 0.529. The van der Waals surface area contributed by atoms with E-state index in [1.165, 1.54) is 62.6 Å². The van der Waals surface area contributed by atoms with Crippen LogP contribution in [0.1, 0.15) is 62.6 Å². The number of ether oxygens (including phenoxy) is 1. The third-order valence-corrected chi connectivity index (χ3v) is 5.37. The Labute approximate surface area is 129 Å². The van der Waals surface area contributed by atoms with Gasteiger partial charge in [-0.05, 0) is 73.7 Å². The average molecular weight is 287 g/mol. The molecule has 1 fully saturated rings. The zero-order valence-electron chi connectivity index (χ0n) is 13.5. The topological polar surface area (TPSA) is 21.3 Å². The molecule has 0 radical (unpaired) electrons. The molecule has 1 aromatic rings. The zero-order valence-corrected chi connectivity index (χ0v) is 13.5. The highest BCUT2D eigenvalue weighted by molar-refractivity contribution is 5.39. The molecule has 21 heavy (non-hydrogen) atoms. The highest BCUT2D eigenvalue weighted by Crippen LogP contribution is 2.34. The van der Waals surface area contributed by atoms with Crippen molar-refractivity contribution in [3.63, 3.8) is 0 Å². The Morgan fingerprint density at radius 1 is 1.19 bits per heavy atom. The van der Waals surface area contributed by atoms with Crippen molar-refractivity contribution < 1.29 is 4.74 Å². The van der Waals surface area contributed by atoms with Crippen molar-refractivity contribution in [1.82, 2.24) is 5.32 Å². The Hall–Kier alpha value is -1.02. The summed E-state index contributed by atoms with van der Waals surface area (Å²) >= 11 is 0. The van der Waals surface area contributed by atoms with Crippen molar-refractivity contribution in [3.05, 3.63) is 29.3 Å². The van der Waals surface area contributed by atoms with Crippen LogP contribution in [0.4, 0.5) is 0 Å². The van der Waals surface area contributed by atoms with Gasteiger partial charge in [-0.15, -0.1) is 0 Å². The molecule has 0 spiro atoms. The van der Waals surface area contributed by atoms with Crippen LogP contribution in [0.25, 0.3) is 0 Å². The Balaban J connectivity index is 1.64. The van der Waals surface area contributed by atoms with Gasteiger partial charge in [-0.2, -0.15) is 0 Å². The number of rotatable bonds is 4. The number of hydrogen-bond donors (Lipinski definition) is 1. The van der Waals surface area contributed by atoms with Gasteiger partial charge in [-0.1, -0.05) is 25.8 Å². The number of hydrogen-bond acceptors (Lipinski definition) is 2. The molecule has 3 rings (SSSR count). The largest absolute Gasteiger partial charge is 0.497 e. The summed E-state index contributed by atoms with van der Waals surface area (Å²) in [5.74, 6) is 2.79. The number of benzene rings is 1. The van der Waals surface area contributed by atoms with Crippen molar-refractivity contribution in [2.75, 3.05) is 13.7 Å². The highest BCUT2D eigenvalue weighted by atomic mass is 16.5.